The van der Waals surface area contributed by atoms with Crippen molar-refractivity contribution in [2.75, 3.05) is 26.2 Å². The standard InChI is InChI=1S/C30H34N2O3/c1-22-28-26(15-16-27(34)30(28)35-20-19-31-17-7-2-3-8-18-31)32(21-23-9-5-4-6-10-23)29(22)24-11-13-25(33)14-12-24/h4-6,9-16,33-34H,2-3,7-8,17-21H2,1H3. The van der Waals surface area contributed by atoms with E-state index in [0.29, 0.717) is 18.9 Å². The van der Waals surface area contributed by atoms with Gasteiger partial charge in [-0.05, 0) is 85.9 Å². The van der Waals surface area contributed by atoms with E-state index in [1.165, 1.54) is 31.2 Å². The van der Waals surface area contributed by atoms with Crippen LogP contribution >= 0.6 is 0 Å². The summed E-state index contributed by atoms with van der Waals surface area (Å²) in [5.74, 6) is 0.972. The molecule has 5 rings (SSSR count). The summed E-state index contributed by atoms with van der Waals surface area (Å²) in [6, 6.07) is 21.4. The fourth-order valence-corrected chi connectivity index (χ4v) is 5.29. The molecule has 5 heteroatoms. The third-order valence-electron chi connectivity index (χ3n) is 7.08. The molecule has 0 aliphatic carbocycles. The van der Waals surface area contributed by atoms with Gasteiger partial charge in [-0.2, -0.15) is 0 Å². The molecule has 0 radical (unpaired) electrons. The Morgan fingerprint density at radius 2 is 1.54 bits per heavy atom. The van der Waals surface area contributed by atoms with Gasteiger partial charge in [-0.15, -0.1) is 0 Å². The first-order valence-corrected chi connectivity index (χ1v) is 12.6. The van der Waals surface area contributed by atoms with Crippen molar-refractivity contribution in [2.24, 2.45) is 0 Å². The van der Waals surface area contributed by atoms with E-state index in [9.17, 15) is 10.2 Å². The maximum atomic E-state index is 10.8. The van der Waals surface area contributed by atoms with Crippen LogP contribution in [-0.4, -0.2) is 45.9 Å². The molecule has 0 spiro atoms. The van der Waals surface area contributed by atoms with Gasteiger partial charge < -0.3 is 19.5 Å². The number of likely N-dealkylation sites (tertiary alicyclic amines) is 1. The second-order valence-corrected chi connectivity index (χ2v) is 9.50. The first-order valence-electron chi connectivity index (χ1n) is 12.6. The summed E-state index contributed by atoms with van der Waals surface area (Å²) in [6.07, 6.45) is 5.12. The molecule has 0 bridgehead atoms. The lowest BCUT2D eigenvalue weighted by molar-refractivity contribution is 0.211. The minimum absolute atomic E-state index is 0.172. The van der Waals surface area contributed by atoms with Gasteiger partial charge in [-0.25, -0.2) is 0 Å². The molecule has 1 aromatic heterocycles. The predicted molar refractivity (Wildman–Crippen MR) is 141 cm³/mol. The molecule has 0 unspecified atom stereocenters. The summed E-state index contributed by atoms with van der Waals surface area (Å²) in [5, 5.41) is 21.6. The van der Waals surface area contributed by atoms with Crippen molar-refractivity contribution in [3.63, 3.8) is 0 Å². The molecule has 2 heterocycles. The Morgan fingerprint density at radius 3 is 2.26 bits per heavy atom. The highest BCUT2D eigenvalue weighted by Crippen LogP contribution is 2.43. The lowest BCUT2D eigenvalue weighted by Crippen LogP contribution is -2.29. The van der Waals surface area contributed by atoms with E-state index < -0.39 is 0 Å². The van der Waals surface area contributed by atoms with Gasteiger partial charge in [-0.1, -0.05) is 43.2 Å². The third kappa shape index (κ3) is 5.01. The molecule has 2 N–H and O–H groups in total. The molecule has 182 valence electrons. The van der Waals surface area contributed by atoms with E-state index in [4.69, 9.17) is 4.74 Å². The zero-order valence-electron chi connectivity index (χ0n) is 20.4. The average Bonchev–Trinajstić information content (AvgIpc) is 3.01. The Balaban J connectivity index is 1.55. The topological polar surface area (TPSA) is 57.9 Å². The molecule has 5 nitrogen and oxygen atoms in total. The van der Waals surface area contributed by atoms with E-state index in [0.717, 1.165) is 47.4 Å². The van der Waals surface area contributed by atoms with E-state index in [1.807, 2.05) is 24.3 Å². The quantitative estimate of drug-likeness (QED) is 0.331. The van der Waals surface area contributed by atoms with E-state index in [-0.39, 0.29) is 11.5 Å². The SMILES string of the molecule is Cc1c(-c2ccc(O)cc2)n(Cc2ccccc2)c2ccc(O)c(OCCN3CCCCCC3)c12. The Hall–Kier alpha value is -3.44. The highest BCUT2D eigenvalue weighted by molar-refractivity contribution is 5.97. The molecule has 0 saturated carbocycles. The molecule has 0 amide bonds. The molecule has 3 aromatic carbocycles. The van der Waals surface area contributed by atoms with Crippen molar-refractivity contribution in [3.05, 3.63) is 77.9 Å². The highest BCUT2D eigenvalue weighted by Gasteiger charge is 2.22. The number of benzene rings is 3. The van der Waals surface area contributed by atoms with Crippen LogP contribution in [0.1, 0.15) is 36.8 Å². The normalized spacial score (nSPS) is 14.8. The van der Waals surface area contributed by atoms with Crippen LogP contribution in [-0.2, 0) is 6.54 Å². The molecular formula is C30H34N2O3. The molecule has 4 aromatic rings. The van der Waals surface area contributed by atoms with Crippen molar-refractivity contribution in [3.8, 4) is 28.5 Å². The molecule has 1 aliphatic heterocycles. The fourth-order valence-electron chi connectivity index (χ4n) is 5.29. The number of nitrogens with zero attached hydrogens (tertiary/aromatic N) is 2. The predicted octanol–water partition coefficient (Wildman–Crippen LogP) is 6.33. The summed E-state index contributed by atoms with van der Waals surface area (Å²) in [7, 11) is 0. The van der Waals surface area contributed by atoms with Crippen molar-refractivity contribution >= 4 is 10.9 Å². The van der Waals surface area contributed by atoms with Crippen LogP contribution < -0.4 is 4.74 Å². The number of rotatable bonds is 7. The Bertz CT molecular complexity index is 1270. The summed E-state index contributed by atoms with van der Waals surface area (Å²) in [5.41, 5.74) is 5.36. The van der Waals surface area contributed by atoms with Crippen LogP contribution in [0.2, 0.25) is 0 Å². The van der Waals surface area contributed by atoms with Crippen molar-refractivity contribution < 1.29 is 14.9 Å². The number of aromatic hydroxyl groups is 2. The van der Waals surface area contributed by atoms with Crippen molar-refractivity contribution in [1.82, 2.24) is 9.47 Å². The number of ether oxygens (including phenoxy) is 1. The highest BCUT2D eigenvalue weighted by atomic mass is 16.5. The number of phenols is 2. The summed E-state index contributed by atoms with van der Waals surface area (Å²) >= 11 is 0. The van der Waals surface area contributed by atoms with Crippen LogP contribution in [0, 0.1) is 6.92 Å². The first kappa shape index (κ1) is 23.3. The number of aryl methyl sites for hydroxylation is 1. The molecular weight excluding hydrogens is 436 g/mol. The van der Waals surface area contributed by atoms with Crippen molar-refractivity contribution in [1.29, 1.82) is 0 Å². The smallest absolute Gasteiger partial charge is 0.170 e. The van der Waals surface area contributed by atoms with Gasteiger partial charge in [0.2, 0.25) is 0 Å². The van der Waals surface area contributed by atoms with Crippen LogP contribution in [0.15, 0.2) is 66.7 Å². The minimum Gasteiger partial charge on any atom is -0.508 e. The van der Waals surface area contributed by atoms with Crippen LogP contribution in [0.5, 0.6) is 17.2 Å². The van der Waals surface area contributed by atoms with Crippen LogP contribution in [0.4, 0.5) is 0 Å². The number of phenolic OH excluding ortho intramolecular Hbond substituents is 2. The van der Waals surface area contributed by atoms with Gasteiger partial charge in [0.1, 0.15) is 12.4 Å². The number of fused-ring (bicyclic) bond motifs is 1. The second kappa shape index (κ2) is 10.4. The average molecular weight is 471 g/mol. The van der Waals surface area contributed by atoms with E-state index in [2.05, 4.69) is 40.7 Å². The summed E-state index contributed by atoms with van der Waals surface area (Å²) in [4.78, 5) is 2.47. The van der Waals surface area contributed by atoms with Gasteiger partial charge >= 0.3 is 0 Å². The Morgan fingerprint density at radius 1 is 0.829 bits per heavy atom. The van der Waals surface area contributed by atoms with Crippen LogP contribution in [0.3, 0.4) is 0 Å². The lowest BCUT2D eigenvalue weighted by Gasteiger charge is -2.20. The van der Waals surface area contributed by atoms with Gasteiger partial charge in [0.15, 0.2) is 11.5 Å². The van der Waals surface area contributed by atoms with E-state index >= 15 is 0 Å². The maximum absolute atomic E-state index is 10.8. The second-order valence-electron chi connectivity index (χ2n) is 9.50. The first-order chi connectivity index (χ1) is 17.1. The molecule has 1 aliphatic rings. The Kier molecular flexibility index (Phi) is 6.96. The molecule has 1 fully saturated rings. The third-order valence-corrected chi connectivity index (χ3v) is 7.08. The lowest BCUT2D eigenvalue weighted by atomic mass is 10.1. The molecule has 35 heavy (non-hydrogen) atoms. The maximum Gasteiger partial charge on any atom is 0.170 e. The summed E-state index contributed by atoms with van der Waals surface area (Å²) in [6.45, 7) is 6.44. The molecule has 0 atom stereocenters. The fraction of sp³-hybridized carbons (Fsp3) is 0.333. The van der Waals surface area contributed by atoms with Crippen molar-refractivity contribution in [2.45, 2.75) is 39.2 Å². The van der Waals surface area contributed by atoms with Gasteiger partial charge in [0.25, 0.3) is 0 Å². The largest absolute Gasteiger partial charge is 0.508 e. The number of hydrogen-bond donors (Lipinski definition) is 2. The zero-order chi connectivity index (χ0) is 24.2. The monoisotopic (exact) mass is 470 g/mol. The number of hydrogen-bond acceptors (Lipinski definition) is 4. The van der Waals surface area contributed by atoms with Gasteiger partial charge in [-0.3, -0.25) is 4.90 Å². The van der Waals surface area contributed by atoms with Crippen LogP contribution in [0.25, 0.3) is 22.2 Å². The van der Waals surface area contributed by atoms with Gasteiger partial charge in [0.05, 0.1) is 11.2 Å². The summed E-state index contributed by atoms with van der Waals surface area (Å²) < 4.78 is 8.59. The van der Waals surface area contributed by atoms with E-state index in [1.54, 1.807) is 18.2 Å². The number of aromatic nitrogens is 1. The molecule has 1 saturated heterocycles. The minimum atomic E-state index is 0.172. The Labute approximate surface area is 207 Å². The van der Waals surface area contributed by atoms with Gasteiger partial charge in [0, 0.05) is 18.5 Å². The zero-order valence-corrected chi connectivity index (χ0v) is 20.4.